The van der Waals surface area contributed by atoms with Gasteiger partial charge in [0.2, 0.25) is 0 Å². The van der Waals surface area contributed by atoms with Crippen molar-refractivity contribution >= 4 is 0 Å². The summed E-state index contributed by atoms with van der Waals surface area (Å²) in [4.78, 5) is 0. The third kappa shape index (κ3) is 3.00. The van der Waals surface area contributed by atoms with Crippen LogP contribution in [0.4, 0.5) is 0 Å². The summed E-state index contributed by atoms with van der Waals surface area (Å²) in [6.45, 7) is 1.92. The number of hydrogen-bond donors (Lipinski definition) is 3. The highest BCUT2D eigenvalue weighted by Gasteiger charge is 2.36. The fourth-order valence-electron chi connectivity index (χ4n) is 3.49. The number of rotatable bonds is 5. The molecule has 26 heavy (non-hydrogen) atoms. The van der Waals surface area contributed by atoms with Gasteiger partial charge in [0.05, 0.1) is 13.7 Å². The predicted octanol–water partition coefficient (Wildman–Crippen LogP) is 3.95. The molecule has 0 aliphatic heterocycles. The molecule has 134 valence electrons. The van der Waals surface area contributed by atoms with E-state index in [0.29, 0.717) is 5.75 Å². The molecule has 0 aromatic heterocycles. The number of ether oxygens (including phenoxy) is 1. The van der Waals surface area contributed by atoms with Gasteiger partial charge in [-0.1, -0.05) is 36.4 Å². The second-order valence-corrected chi connectivity index (χ2v) is 6.37. The summed E-state index contributed by atoms with van der Waals surface area (Å²) >= 11 is 0. The third-order valence-corrected chi connectivity index (χ3v) is 4.89. The zero-order valence-electron chi connectivity index (χ0n) is 14.8. The zero-order chi connectivity index (χ0) is 18.7. The molecule has 3 N–H and O–H groups in total. The molecule has 0 amide bonds. The Bertz CT molecular complexity index is 815. The average Bonchev–Trinajstić information content (AvgIpc) is 2.67. The molecule has 0 atom stereocenters. The number of aliphatic hydroxyl groups excluding tert-OH is 1. The van der Waals surface area contributed by atoms with E-state index in [9.17, 15) is 15.3 Å². The van der Waals surface area contributed by atoms with Crippen LogP contribution >= 0.6 is 0 Å². The lowest BCUT2D eigenvalue weighted by molar-refractivity contribution is 0.278. The summed E-state index contributed by atoms with van der Waals surface area (Å²) in [6, 6.07) is 19.6. The predicted molar refractivity (Wildman–Crippen MR) is 101 cm³/mol. The van der Waals surface area contributed by atoms with E-state index in [1.807, 2.05) is 49.4 Å². The minimum Gasteiger partial charge on any atom is -0.508 e. The van der Waals surface area contributed by atoms with Gasteiger partial charge in [0.15, 0.2) is 0 Å². The molecule has 0 bridgehead atoms. The minimum absolute atomic E-state index is 0.127. The van der Waals surface area contributed by atoms with Crippen molar-refractivity contribution in [3.8, 4) is 17.2 Å². The van der Waals surface area contributed by atoms with Crippen molar-refractivity contribution in [3.05, 3.63) is 89.0 Å². The highest BCUT2D eigenvalue weighted by molar-refractivity contribution is 5.58. The molecule has 3 aromatic carbocycles. The lowest BCUT2D eigenvalue weighted by Crippen LogP contribution is -2.27. The number of phenols is 2. The van der Waals surface area contributed by atoms with Gasteiger partial charge < -0.3 is 20.1 Å². The molecule has 4 nitrogen and oxygen atoms in total. The van der Waals surface area contributed by atoms with Crippen molar-refractivity contribution in [1.82, 2.24) is 0 Å². The maximum Gasteiger partial charge on any atom is 0.123 e. The molecule has 0 aliphatic rings. The SMILES string of the molecule is COc1cccc(CO)c1C(C)(c1ccc(O)cc1)c1ccc(O)cc1. The standard InChI is InChI=1S/C22H22O4/c1-22(16-6-10-18(24)11-7-16,17-8-12-19(25)13-9-17)21-15(14-23)4-3-5-20(21)26-2/h3-13,23-25H,14H2,1-2H3. The Morgan fingerprint density at radius 3 is 1.73 bits per heavy atom. The van der Waals surface area contributed by atoms with Gasteiger partial charge in [-0.3, -0.25) is 0 Å². The summed E-state index contributed by atoms with van der Waals surface area (Å²) in [5.41, 5.74) is 2.81. The second kappa shape index (κ2) is 7.10. The summed E-state index contributed by atoms with van der Waals surface area (Å²) < 4.78 is 5.61. The summed E-state index contributed by atoms with van der Waals surface area (Å²) in [5, 5.41) is 29.4. The topological polar surface area (TPSA) is 69.9 Å². The Hall–Kier alpha value is -2.98. The van der Waals surface area contributed by atoms with E-state index in [1.165, 1.54) is 0 Å². The van der Waals surface area contributed by atoms with E-state index in [1.54, 1.807) is 31.4 Å². The van der Waals surface area contributed by atoms with Crippen molar-refractivity contribution in [2.75, 3.05) is 7.11 Å². The Kier molecular flexibility index (Phi) is 4.87. The fourth-order valence-corrected chi connectivity index (χ4v) is 3.49. The highest BCUT2D eigenvalue weighted by Crippen LogP contribution is 2.45. The molecule has 0 unspecified atom stereocenters. The van der Waals surface area contributed by atoms with Gasteiger partial charge in [-0.05, 0) is 53.9 Å². The average molecular weight is 350 g/mol. The third-order valence-electron chi connectivity index (χ3n) is 4.89. The largest absolute Gasteiger partial charge is 0.508 e. The number of phenolic OH excluding ortho intramolecular Hbond substituents is 2. The number of aliphatic hydroxyl groups is 1. The first-order valence-corrected chi connectivity index (χ1v) is 8.37. The van der Waals surface area contributed by atoms with Crippen LogP contribution in [0.25, 0.3) is 0 Å². The van der Waals surface area contributed by atoms with E-state index in [0.717, 1.165) is 22.3 Å². The first-order chi connectivity index (χ1) is 12.5. The summed E-state index contributed by atoms with van der Waals surface area (Å²) in [7, 11) is 1.61. The van der Waals surface area contributed by atoms with Crippen LogP contribution in [0.15, 0.2) is 66.7 Å². The maximum absolute atomic E-state index is 9.95. The van der Waals surface area contributed by atoms with E-state index in [-0.39, 0.29) is 18.1 Å². The monoisotopic (exact) mass is 350 g/mol. The van der Waals surface area contributed by atoms with Gasteiger partial charge in [-0.2, -0.15) is 0 Å². The van der Waals surface area contributed by atoms with Gasteiger partial charge in [0.25, 0.3) is 0 Å². The fraction of sp³-hybridized carbons (Fsp3) is 0.182. The Morgan fingerprint density at radius 2 is 1.31 bits per heavy atom. The Morgan fingerprint density at radius 1 is 0.808 bits per heavy atom. The first kappa shape index (κ1) is 17.8. The Labute approximate surface area is 153 Å². The lowest BCUT2D eigenvalue weighted by Gasteiger charge is -2.34. The van der Waals surface area contributed by atoms with Crippen LogP contribution in [0.3, 0.4) is 0 Å². The quantitative estimate of drug-likeness (QED) is 0.609. The van der Waals surface area contributed by atoms with Gasteiger partial charge >= 0.3 is 0 Å². The van der Waals surface area contributed by atoms with Crippen LogP contribution in [-0.2, 0) is 12.0 Å². The van der Waals surface area contributed by atoms with Crippen molar-refractivity contribution in [2.24, 2.45) is 0 Å². The molecule has 3 rings (SSSR count). The van der Waals surface area contributed by atoms with Crippen molar-refractivity contribution < 1.29 is 20.1 Å². The Balaban J connectivity index is 2.35. The number of aromatic hydroxyl groups is 2. The molecule has 3 aromatic rings. The molecule has 0 heterocycles. The molecule has 4 heteroatoms. The molecular weight excluding hydrogens is 328 g/mol. The summed E-state index contributed by atoms with van der Waals surface area (Å²) in [6.07, 6.45) is 0. The zero-order valence-corrected chi connectivity index (χ0v) is 14.8. The van der Waals surface area contributed by atoms with Crippen LogP contribution in [0.1, 0.15) is 29.2 Å². The van der Waals surface area contributed by atoms with E-state index in [2.05, 4.69) is 0 Å². The molecule has 0 saturated carbocycles. The van der Waals surface area contributed by atoms with Crippen LogP contribution in [0.2, 0.25) is 0 Å². The van der Waals surface area contributed by atoms with Crippen LogP contribution in [-0.4, -0.2) is 22.4 Å². The molecule has 0 saturated heterocycles. The van der Waals surface area contributed by atoms with E-state index < -0.39 is 5.41 Å². The van der Waals surface area contributed by atoms with Gasteiger partial charge in [0.1, 0.15) is 17.2 Å². The second-order valence-electron chi connectivity index (χ2n) is 6.37. The van der Waals surface area contributed by atoms with Crippen molar-refractivity contribution in [1.29, 1.82) is 0 Å². The minimum atomic E-state index is -0.661. The van der Waals surface area contributed by atoms with E-state index in [4.69, 9.17) is 4.74 Å². The molecule has 0 spiro atoms. The number of benzene rings is 3. The van der Waals surface area contributed by atoms with Crippen molar-refractivity contribution in [3.63, 3.8) is 0 Å². The smallest absolute Gasteiger partial charge is 0.123 e. The summed E-state index contributed by atoms with van der Waals surface area (Å²) in [5.74, 6) is 1.04. The van der Waals surface area contributed by atoms with Crippen LogP contribution < -0.4 is 4.74 Å². The molecule has 0 fully saturated rings. The van der Waals surface area contributed by atoms with Crippen molar-refractivity contribution in [2.45, 2.75) is 18.9 Å². The van der Waals surface area contributed by atoms with Gasteiger partial charge in [0, 0.05) is 11.0 Å². The van der Waals surface area contributed by atoms with E-state index >= 15 is 0 Å². The molecule has 0 radical (unpaired) electrons. The lowest BCUT2D eigenvalue weighted by atomic mass is 9.69. The molecular formula is C22H22O4. The number of methoxy groups -OCH3 is 1. The highest BCUT2D eigenvalue weighted by atomic mass is 16.5. The van der Waals surface area contributed by atoms with Gasteiger partial charge in [-0.15, -0.1) is 0 Å². The number of hydrogen-bond acceptors (Lipinski definition) is 4. The van der Waals surface area contributed by atoms with Gasteiger partial charge in [-0.25, -0.2) is 0 Å². The molecule has 0 aliphatic carbocycles. The maximum atomic E-state index is 9.95. The van der Waals surface area contributed by atoms with Crippen LogP contribution in [0, 0.1) is 0 Å². The first-order valence-electron chi connectivity index (χ1n) is 8.37. The normalized spacial score (nSPS) is 11.3. The van der Waals surface area contributed by atoms with Crippen LogP contribution in [0.5, 0.6) is 17.2 Å².